The quantitative estimate of drug-likeness (QED) is 0.351. The van der Waals surface area contributed by atoms with Gasteiger partial charge in [-0.2, -0.15) is 0 Å². The second-order valence-electron chi connectivity index (χ2n) is 6.25. The van der Waals surface area contributed by atoms with Crippen molar-refractivity contribution in [1.29, 1.82) is 0 Å². The van der Waals surface area contributed by atoms with Crippen molar-refractivity contribution in [1.82, 2.24) is 15.5 Å². The molecule has 1 aliphatic heterocycles. The van der Waals surface area contributed by atoms with E-state index in [1.165, 1.54) is 4.88 Å². The summed E-state index contributed by atoms with van der Waals surface area (Å²) in [5.41, 5.74) is 0. The van der Waals surface area contributed by atoms with Gasteiger partial charge in [-0.15, -0.1) is 35.3 Å². The largest absolute Gasteiger partial charge is 0.357 e. The van der Waals surface area contributed by atoms with Crippen LogP contribution in [0.25, 0.3) is 0 Å². The topological polar surface area (TPSA) is 39.7 Å². The molecule has 1 unspecified atom stereocenters. The lowest BCUT2D eigenvalue weighted by molar-refractivity contribution is 0.0744. The van der Waals surface area contributed by atoms with Crippen molar-refractivity contribution < 1.29 is 8.78 Å². The molecule has 0 amide bonds. The number of aliphatic imine (C=N–C) groups is 1. The van der Waals surface area contributed by atoms with Crippen molar-refractivity contribution in [3.8, 4) is 0 Å². The highest BCUT2D eigenvalue weighted by Crippen LogP contribution is 2.20. The van der Waals surface area contributed by atoms with Crippen LogP contribution in [0.4, 0.5) is 8.78 Å². The fraction of sp³-hybridized carbons (Fsp3) is 0.706. The number of halogens is 3. The third kappa shape index (κ3) is 8.17. The van der Waals surface area contributed by atoms with Crippen LogP contribution in [0.5, 0.6) is 0 Å². The molecule has 1 aliphatic rings. The lowest BCUT2D eigenvalue weighted by Gasteiger charge is -2.32. The van der Waals surface area contributed by atoms with Gasteiger partial charge in [0, 0.05) is 36.5 Å². The first-order valence-corrected chi connectivity index (χ1v) is 9.55. The van der Waals surface area contributed by atoms with Gasteiger partial charge < -0.3 is 10.6 Å². The van der Waals surface area contributed by atoms with E-state index in [0.29, 0.717) is 25.0 Å². The van der Waals surface area contributed by atoms with Crippen molar-refractivity contribution in [3.05, 3.63) is 22.4 Å². The molecule has 1 saturated heterocycles. The van der Waals surface area contributed by atoms with Crippen molar-refractivity contribution in [2.45, 2.75) is 45.1 Å². The van der Waals surface area contributed by atoms with Gasteiger partial charge in [-0.05, 0) is 31.2 Å². The van der Waals surface area contributed by atoms with Crippen LogP contribution in [0.15, 0.2) is 22.5 Å². The Hall–Kier alpha value is -0.480. The van der Waals surface area contributed by atoms with E-state index in [1.54, 1.807) is 11.3 Å². The Bertz CT molecular complexity index is 491. The lowest BCUT2D eigenvalue weighted by Crippen LogP contribution is -2.49. The van der Waals surface area contributed by atoms with Crippen LogP contribution >= 0.6 is 35.3 Å². The summed E-state index contributed by atoms with van der Waals surface area (Å²) in [5.74, 6) is 1.22. The maximum Gasteiger partial charge on any atom is 0.251 e. The zero-order valence-electron chi connectivity index (χ0n) is 14.9. The van der Waals surface area contributed by atoms with Gasteiger partial charge in [-0.1, -0.05) is 13.0 Å². The van der Waals surface area contributed by atoms with Crippen LogP contribution in [-0.2, 0) is 0 Å². The second-order valence-corrected chi connectivity index (χ2v) is 7.23. The highest BCUT2D eigenvalue weighted by molar-refractivity contribution is 14.0. The van der Waals surface area contributed by atoms with Crippen LogP contribution in [0.3, 0.4) is 0 Å². The minimum absolute atomic E-state index is 0. The van der Waals surface area contributed by atoms with Crippen LogP contribution in [0.2, 0.25) is 0 Å². The standard InChI is InChI=1S/C17H28F2N4S.HI/c1-3-20-17(21-11-13(2)15-5-4-10-24-15)22-14-6-8-23(9-7-14)12-16(18)19;/h4-5,10,13-14,16H,3,6-9,11-12H2,1-2H3,(H2,20,21,22);1H. The summed E-state index contributed by atoms with van der Waals surface area (Å²) in [7, 11) is 0. The molecular formula is C17H29F2IN4S. The summed E-state index contributed by atoms with van der Waals surface area (Å²) < 4.78 is 24.9. The van der Waals surface area contributed by atoms with Gasteiger partial charge in [0.15, 0.2) is 5.96 Å². The zero-order chi connectivity index (χ0) is 17.4. The number of alkyl halides is 2. The predicted octanol–water partition coefficient (Wildman–Crippen LogP) is 3.75. The molecule has 2 rings (SSSR count). The number of guanidine groups is 1. The number of hydrogen-bond acceptors (Lipinski definition) is 3. The Labute approximate surface area is 170 Å². The smallest absolute Gasteiger partial charge is 0.251 e. The Morgan fingerprint density at radius 2 is 2.12 bits per heavy atom. The van der Waals surface area contributed by atoms with E-state index in [1.807, 2.05) is 11.8 Å². The number of nitrogens with zero attached hydrogens (tertiary/aromatic N) is 2. The van der Waals surface area contributed by atoms with E-state index < -0.39 is 6.43 Å². The maximum atomic E-state index is 12.4. The number of hydrogen-bond donors (Lipinski definition) is 2. The molecule has 0 radical (unpaired) electrons. The molecule has 1 atom stereocenters. The molecule has 0 bridgehead atoms. The van der Waals surface area contributed by atoms with E-state index in [0.717, 1.165) is 31.9 Å². The first-order chi connectivity index (χ1) is 11.6. The van der Waals surface area contributed by atoms with Crippen molar-refractivity contribution in [3.63, 3.8) is 0 Å². The number of thiophene rings is 1. The zero-order valence-corrected chi connectivity index (χ0v) is 18.0. The third-order valence-corrected chi connectivity index (χ3v) is 5.32. The summed E-state index contributed by atoms with van der Waals surface area (Å²) in [6, 6.07) is 4.51. The summed E-state index contributed by atoms with van der Waals surface area (Å²) in [6.45, 7) is 7.09. The van der Waals surface area contributed by atoms with Crippen molar-refractivity contribution >= 4 is 41.3 Å². The van der Waals surface area contributed by atoms with Crippen LogP contribution < -0.4 is 10.6 Å². The van der Waals surface area contributed by atoms with E-state index in [9.17, 15) is 8.78 Å². The highest BCUT2D eigenvalue weighted by atomic mass is 127. The minimum atomic E-state index is -2.24. The average molecular weight is 486 g/mol. The van der Waals surface area contributed by atoms with Gasteiger partial charge >= 0.3 is 0 Å². The number of rotatable bonds is 7. The van der Waals surface area contributed by atoms with E-state index in [2.05, 4.69) is 35.1 Å². The average Bonchev–Trinajstić information content (AvgIpc) is 3.08. The second kappa shape index (κ2) is 12.0. The number of nitrogens with one attached hydrogen (secondary N) is 2. The van der Waals surface area contributed by atoms with Crippen LogP contribution in [-0.4, -0.2) is 56.1 Å². The number of likely N-dealkylation sites (tertiary alicyclic amines) is 1. The fourth-order valence-corrected chi connectivity index (χ4v) is 3.64. The molecule has 1 aromatic heterocycles. The molecule has 4 nitrogen and oxygen atoms in total. The monoisotopic (exact) mass is 486 g/mol. The molecule has 1 fully saturated rings. The molecule has 144 valence electrons. The summed E-state index contributed by atoms with van der Waals surface area (Å²) in [6.07, 6.45) is -0.498. The van der Waals surface area contributed by atoms with E-state index >= 15 is 0 Å². The maximum absolute atomic E-state index is 12.4. The first-order valence-electron chi connectivity index (χ1n) is 8.67. The van der Waals surface area contributed by atoms with Gasteiger partial charge in [0.25, 0.3) is 6.43 Å². The molecule has 0 saturated carbocycles. The van der Waals surface area contributed by atoms with Gasteiger partial charge in [0.2, 0.25) is 0 Å². The van der Waals surface area contributed by atoms with Crippen LogP contribution in [0, 0.1) is 0 Å². The summed E-state index contributed by atoms with van der Waals surface area (Å²) >= 11 is 1.76. The summed E-state index contributed by atoms with van der Waals surface area (Å²) in [4.78, 5) is 7.88. The molecule has 0 aromatic carbocycles. The molecule has 2 heterocycles. The Kier molecular flexibility index (Phi) is 10.8. The number of piperidine rings is 1. The Balaban J connectivity index is 0.00000312. The van der Waals surface area contributed by atoms with Crippen LogP contribution in [0.1, 0.15) is 37.5 Å². The Morgan fingerprint density at radius 1 is 1.40 bits per heavy atom. The molecule has 8 heteroatoms. The van der Waals surface area contributed by atoms with Crippen molar-refractivity contribution in [2.75, 3.05) is 32.7 Å². The molecule has 25 heavy (non-hydrogen) atoms. The van der Waals surface area contributed by atoms with Gasteiger partial charge in [-0.3, -0.25) is 9.89 Å². The first kappa shape index (κ1) is 22.6. The predicted molar refractivity (Wildman–Crippen MR) is 113 cm³/mol. The van der Waals surface area contributed by atoms with E-state index in [4.69, 9.17) is 4.99 Å². The summed E-state index contributed by atoms with van der Waals surface area (Å²) in [5, 5.41) is 8.83. The highest BCUT2D eigenvalue weighted by Gasteiger charge is 2.22. The van der Waals surface area contributed by atoms with E-state index in [-0.39, 0.29) is 30.5 Å². The molecule has 1 aromatic rings. The molecule has 2 N–H and O–H groups in total. The molecular weight excluding hydrogens is 457 g/mol. The van der Waals surface area contributed by atoms with Gasteiger partial charge in [0.05, 0.1) is 13.1 Å². The normalized spacial score (nSPS) is 18.0. The minimum Gasteiger partial charge on any atom is -0.357 e. The van der Waals surface area contributed by atoms with Gasteiger partial charge in [-0.25, -0.2) is 8.78 Å². The SMILES string of the molecule is CCNC(=NCC(C)c1cccs1)NC1CCN(CC(F)F)CC1.I. The third-order valence-electron chi connectivity index (χ3n) is 4.22. The Morgan fingerprint density at radius 3 is 2.68 bits per heavy atom. The lowest BCUT2D eigenvalue weighted by atomic mass is 10.1. The van der Waals surface area contributed by atoms with Gasteiger partial charge in [0.1, 0.15) is 0 Å². The molecule has 0 spiro atoms. The van der Waals surface area contributed by atoms with Crippen molar-refractivity contribution in [2.24, 2.45) is 4.99 Å². The fourth-order valence-electron chi connectivity index (χ4n) is 2.86. The molecule has 0 aliphatic carbocycles.